The molecule has 0 heterocycles. The maximum absolute atomic E-state index is 12.1. The van der Waals surface area contributed by atoms with Gasteiger partial charge in [-0.05, 0) is 24.3 Å². The third-order valence-corrected chi connectivity index (χ3v) is 6.87. The van der Waals surface area contributed by atoms with Gasteiger partial charge in [0, 0.05) is 30.3 Å². The summed E-state index contributed by atoms with van der Waals surface area (Å²) in [6.07, 6.45) is 2.25. The molecule has 180 valence electrons. The maximum Gasteiger partial charge on any atom is 0.294 e. The fraction of sp³-hybridized carbons (Fsp3) is 0.522. The molecule has 1 unspecified atom stereocenters. The molecule has 2 aromatic carbocycles. The molecule has 3 rings (SSSR count). The van der Waals surface area contributed by atoms with Crippen molar-refractivity contribution in [3.05, 3.63) is 52.6 Å². The van der Waals surface area contributed by atoms with Gasteiger partial charge in [0.1, 0.15) is 24.6 Å². The summed E-state index contributed by atoms with van der Waals surface area (Å²) in [5.74, 6) is 0.858. The highest BCUT2D eigenvalue weighted by Crippen LogP contribution is 2.30. The summed E-state index contributed by atoms with van der Waals surface area (Å²) in [6, 6.07) is 13.7. The molecule has 0 spiro atoms. The number of nitrogens with one attached hydrogen (secondary N) is 2. The fourth-order valence-corrected chi connectivity index (χ4v) is 5.05. The number of aliphatic hydroxyl groups excluding tert-OH is 1. The monoisotopic (exact) mass is 477 g/mol. The first-order valence-corrected chi connectivity index (χ1v) is 12.3. The topological polar surface area (TPSA) is 123 Å². The fourth-order valence-electron chi connectivity index (χ4n) is 3.84. The molecule has 9 nitrogen and oxygen atoms in total. The van der Waals surface area contributed by atoms with Crippen molar-refractivity contribution in [2.45, 2.75) is 43.1 Å². The van der Waals surface area contributed by atoms with Crippen LogP contribution in [-0.2, 0) is 9.63 Å². The van der Waals surface area contributed by atoms with Gasteiger partial charge < -0.3 is 25.3 Å². The highest BCUT2D eigenvalue weighted by Gasteiger charge is 2.29. The second-order valence-corrected chi connectivity index (χ2v) is 9.23. The lowest BCUT2D eigenvalue weighted by atomic mass is 9.97. The van der Waals surface area contributed by atoms with Gasteiger partial charge in [0.2, 0.25) is 5.91 Å². The Balaban J connectivity index is 1.27. The first-order valence-electron chi connectivity index (χ1n) is 11.2. The van der Waals surface area contributed by atoms with Gasteiger partial charge >= 0.3 is 0 Å². The minimum Gasteiger partial charge on any atom is -0.490 e. The molecule has 0 aromatic heterocycles. The molecule has 1 aliphatic carbocycles. The Labute approximate surface area is 197 Å². The van der Waals surface area contributed by atoms with Gasteiger partial charge in [-0.1, -0.05) is 49.2 Å². The SMILES string of the molecule is O=C(CS[C@@H]1CCCC[C@H]1O[N+](=O)[O-])NCCNCC(O)COc1cccc2ccccc12. The number of amides is 1. The Morgan fingerprint density at radius 1 is 1.18 bits per heavy atom. The van der Waals surface area contributed by atoms with Crippen molar-refractivity contribution in [1.82, 2.24) is 10.6 Å². The number of fused-ring (bicyclic) bond motifs is 1. The number of ether oxygens (including phenoxy) is 1. The van der Waals surface area contributed by atoms with Crippen LogP contribution in [0.5, 0.6) is 5.75 Å². The largest absolute Gasteiger partial charge is 0.490 e. The number of benzene rings is 2. The van der Waals surface area contributed by atoms with E-state index in [2.05, 4.69) is 10.6 Å². The van der Waals surface area contributed by atoms with E-state index in [1.165, 1.54) is 11.8 Å². The summed E-state index contributed by atoms with van der Waals surface area (Å²) in [5, 5.41) is 28.0. The van der Waals surface area contributed by atoms with Crippen LogP contribution in [0.25, 0.3) is 10.8 Å². The third-order valence-electron chi connectivity index (χ3n) is 5.48. The molecule has 3 N–H and O–H groups in total. The zero-order chi connectivity index (χ0) is 23.5. The lowest BCUT2D eigenvalue weighted by Crippen LogP contribution is -2.38. The summed E-state index contributed by atoms with van der Waals surface area (Å²) in [7, 11) is 0. The van der Waals surface area contributed by atoms with Gasteiger partial charge in [-0.15, -0.1) is 21.9 Å². The van der Waals surface area contributed by atoms with Crippen molar-refractivity contribution >= 4 is 28.4 Å². The normalized spacial score (nSPS) is 19.1. The zero-order valence-corrected chi connectivity index (χ0v) is 19.3. The molecule has 1 fully saturated rings. The van der Waals surface area contributed by atoms with E-state index in [9.17, 15) is 20.0 Å². The smallest absolute Gasteiger partial charge is 0.294 e. The molecule has 2 aromatic rings. The van der Waals surface area contributed by atoms with E-state index in [0.29, 0.717) is 26.1 Å². The van der Waals surface area contributed by atoms with Crippen LogP contribution >= 0.6 is 11.8 Å². The van der Waals surface area contributed by atoms with Crippen LogP contribution in [0.4, 0.5) is 0 Å². The maximum atomic E-state index is 12.1. The lowest BCUT2D eigenvalue weighted by Gasteiger charge is -2.28. The Morgan fingerprint density at radius 3 is 2.82 bits per heavy atom. The van der Waals surface area contributed by atoms with Gasteiger partial charge in [0.25, 0.3) is 5.09 Å². The van der Waals surface area contributed by atoms with Crippen molar-refractivity contribution in [2.75, 3.05) is 32.0 Å². The first-order chi connectivity index (χ1) is 16.0. The number of carbonyl (C=O) groups is 1. The number of thioether (sulfide) groups is 1. The van der Waals surface area contributed by atoms with Crippen LogP contribution in [0.15, 0.2) is 42.5 Å². The molecular formula is C23H31N3O6S. The Bertz CT molecular complexity index is 909. The van der Waals surface area contributed by atoms with Crippen LogP contribution in [0, 0.1) is 10.1 Å². The van der Waals surface area contributed by atoms with Crippen LogP contribution in [0.3, 0.4) is 0 Å². The second kappa shape index (κ2) is 13.2. The second-order valence-electron chi connectivity index (χ2n) is 8.00. The summed E-state index contributed by atoms with van der Waals surface area (Å²) < 4.78 is 5.78. The van der Waals surface area contributed by atoms with Gasteiger partial charge in [-0.25, -0.2) is 0 Å². The average Bonchev–Trinajstić information content (AvgIpc) is 2.81. The van der Waals surface area contributed by atoms with Crippen LogP contribution in [0.1, 0.15) is 25.7 Å². The number of carbonyl (C=O) groups excluding carboxylic acids is 1. The van der Waals surface area contributed by atoms with Crippen molar-refractivity contribution in [3.63, 3.8) is 0 Å². The summed E-state index contributed by atoms with van der Waals surface area (Å²) in [4.78, 5) is 27.5. The van der Waals surface area contributed by atoms with Crippen molar-refractivity contribution < 1.29 is 24.6 Å². The number of nitrogens with zero attached hydrogens (tertiary/aromatic N) is 1. The number of aliphatic hydroxyl groups is 1. The molecule has 3 atom stereocenters. The average molecular weight is 478 g/mol. The minimum atomic E-state index is -0.739. The van der Waals surface area contributed by atoms with E-state index in [4.69, 9.17) is 9.57 Å². The number of rotatable bonds is 13. The summed E-state index contributed by atoms with van der Waals surface area (Å²) in [6.45, 7) is 1.45. The van der Waals surface area contributed by atoms with Gasteiger partial charge in [-0.3, -0.25) is 4.79 Å². The van der Waals surface area contributed by atoms with Crippen molar-refractivity contribution in [1.29, 1.82) is 0 Å². The van der Waals surface area contributed by atoms with Gasteiger partial charge in [0.15, 0.2) is 0 Å². The molecule has 33 heavy (non-hydrogen) atoms. The van der Waals surface area contributed by atoms with Crippen molar-refractivity contribution in [2.24, 2.45) is 0 Å². The van der Waals surface area contributed by atoms with Gasteiger partial charge in [-0.2, -0.15) is 0 Å². The molecular weight excluding hydrogens is 446 g/mol. The van der Waals surface area contributed by atoms with E-state index >= 15 is 0 Å². The summed E-state index contributed by atoms with van der Waals surface area (Å²) >= 11 is 1.41. The number of hydrogen-bond donors (Lipinski definition) is 3. The third kappa shape index (κ3) is 8.38. The lowest BCUT2D eigenvalue weighted by molar-refractivity contribution is -0.768. The quantitative estimate of drug-likeness (QED) is 0.229. The summed E-state index contributed by atoms with van der Waals surface area (Å²) in [5.41, 5.74) is 0. The molecule has 0 radical (unpaired) electrons. The minimum absolute atomic E-state index is 0.0371. The molecule has 0 bridgehead atoms. The molecule has 10 heteroatoms. The number of hydrogen-bond acceptors (Lipinski definition) is 8. The molecule has 1 saturated carbocycles. The predicted molar refractivity (Wildman–Crippen MR) is 128 cm³/mol. The Kier molecular flexibility index (Phi) is 10.0. The van der Waals surface area contributed by atoms with Gasteiger partial charge in [0.05, 0.1) is 5.75 Å². The molecule has 1 aliphatic rings. The van der Waals surface area contributed by atoms with E-state index in [-0.39, 0.29) is 23.5 Å². The molecule has 0 aliphatic heterocycles. The standard InChI is InChI=1S/C23H31N3O6S/c27-18(15-31-20-10-5-7-17-6-1-2-8-19(17)20)14-24-12-13-25-23(28)16-33-22-11-4-3-9-21(22)32-26(29)30/h1-2,5-8,10,18,21-22,24,27H,3-4,9,11-16H2,(H,25,28)/t18?,21-,22-/m1/s1. The van der Waals surface area contributed by atoms with Crippen LogP contribution < -0.4 is 15.4 Å². The van der Waals surface area contributed by atoms with Crippen LogP contribution in [-0.4, -0.2) is 65.6 Å². The van der Waals surface area contributed by atoms with Crippen molar-refractivity contribution in [3.8, 4) is 5.75 Å². The van der Waals surface area contributed by atoms with Crippen LogP contribution in [0.2, 0.25) is 0 Å². The first kappa shape index (κ1) is 25.1. The van der Waals surface area contributed by atoms with E-state index in [1.807, 2.05) is 42.5 Å². The van der Waals surface area contributed by atoms with E-state index in [0.717, 1.165) is 35.8 Å². The molecule has 1 amide bonds. The highest BCUT2D eigenvalue weighted by atomic mass is 32.2. The highest BCUT2D eigenvalue weighted by molar-refractivity contribution is 8.00. The Morgan fingerprint density at radius 2 is 1.97 bits per heavy atom. The predicted octanol–water partition coefficient (Wildman–Crippen LogP) is 2.54. The van der Waals surface area contributed by atoms with E-state index in [1.54, 1.807) is 0 Å². The van der Waals surface area contributed by atoms with E-state index < -0.39 is 17.3 Å². The Hall–Kier alpha value is -2.56. The zero-order valence-electron chi connectivity index (χ0n) is 18.5. The molecule has 0 saturated heterocycles.